The summed E-state index contributed by atoms with van der Waals surface area (Å²) in [6.07, 6.45) is 0. The Bertz CT molecular complexity index is 375. The van der Waals surface area contributed by atoms with Gasteiger partial charge in [-0.25, -0.2) is 4.98 Å². The molecule has 1 heterocycles. The lowest BCUT2D eigenvalue weighted by Crippen LogP contribution is -2.19. The van der Waals surface area contributed by atoms with Crippen molar-refractivity contribution in [2.75, 3.05) is 19.0 Å². The fourth-order valence-corrected chi connectivity index (χ4v) is 1.43. The minimum Gasteiger partial charge on any atom is -0.375 e. The number of hydrogen-bond donors (Lipinski definition) is 1. The van der Waals surface area contributed by atoms with Crippen molar-refractivity contribution in [1.82, 2.24) is 4.98 Å². The van der Waals surface area contributed by atoms with Crippen LogP contribution in [0.25, 0.3) is 0 Å². The molecule has 88 valence electrons. The van der Waals surface area contributed by atoms with E-state index in [2.05, 4.69) is 24.1 Å². The third kappa shape index (κ3) is 3.31. The molecular weight excluding hydrogens is 204 g/mol. The largest absolute Gasteiger partial charge is 0.375 e. The topological polar surface area (TPSA) is 51.2 Å². The molecule has 0 saturated heterocycles. The Morgan fingerprint density at radius 3 is 2.75 bits per heavy atom. The van der Waals surface area contributed by atoms with Crippen LogP contribution in [0.4, 0.5) is 5.82 Å². The maximum atomic E-state index is 11.4. The zero-order valence-electron chi connectivity index (χ0n) is 10.2. The Hall–Kier alpha value is -1.42. The van der Waals surface area contributed by atoms with Crippen molar-refractivity contribution >= 4 is 11.7 Å². The maximum Gasteiger partial charge on any atom is 0.251 e. The molecule has 0 unspecified atom stereocenters. The Morgan fingerprint density at radius 2 is 2.19 bits per heavy atom. The van der Waals surface area contributed by atoms with Crippen LogP contribution in [0.15, 0.2) is 12.1 Å². The number of nitrogens with one attached hydrogen (secondary N) is 1. The first-order chi connectivity index (χ1) is 7.54. The molecule has 0 aliphatic heterocycles. The van der Waals surface area contributed by atoms with Gasteiger partial charge >= 0.3 is 0 Å². The highest BCUT2D eigenvalue weighted by molar-refractivity contribution is 5.91. The van der Waals surface area contributed by atoms with Gasteiger partial charge in [-0.15, -0.1) is 0 Å². The first-order valence-electron chi connectivity index (χ1n) is 5.31. The van der Waals surface area contributed by atoms with Gasteiger partial charge in [0.15, 0.2) is 0 Å². The predicted molar refractivity (Wildman–Crippen MR) is 63.6 cm³/mol. The van der Waals surface area contributed by atoms with Gasteiger partial charge in [0, 0.05) is 12.8 Å². The van der Waals surface area contributed by atoms with Crippen LogP contribution in [0.1, 0.15) is 31.0 Å². The third-order valence-electron chi connectivity index (χ3n) is 2.22. The standard InChI is InChI=1S/C12H18N2O2/c1-8(2)10-6-5-9(3)13-12(10)14-11(15)7-16-4/h5-6,8H,7H2,1-4H3,(H,13,14,15). The van der Waals surface area contributed by atoms with Crippen LogP contribution >= 0.6 is 0 Å². The molecule has 0 fully saturated rings. The smallest absolute Gasteiger partial charge is 0.251 e. The molecule has 0 aromatic carbocycles. The van der Waals surface area contributed by atoms with Gasteiger partial charge in [0.05, 0.1) is 0 Å². The number of nitrogens with zero attached hydrogens (tertiary/aromatic N) is 1. The number of amides is 1. The SMILES string of the molecule is COCC(=O)Nc1nc(C)ccc1C(C)C. The molecular formula is C12H18N2O2. The highest BCUT2D eigenvalue weighted by atomic mass is 16.5. The lowest BCUT2D eigenvalue weighted by atomic mass is 10.0. The molecule has 1 N–H and O–H groups in total. The molecule has 1 aromatic rings. The summed E-state index contributed by atoms with van der Waals surface area (Å²) in [6.45, 7) is 6.08. The van der Waals surface area contributed by atoms with E-state index < -0.39 is 0 Å². The van der Waals surface area contributed by atoms with Crippen molar-refractivity contribution < 1.29 is 9.53 Å². The predicted octanol–water partition coefficient (Wildman–Crippen LogP) is 2.10. The van der Waals surface area contributed by atoms with Crippen LogP contribution < -0.4 is 5.32 Å². The van der Waals surface area contributed by atoms with Crippen LogP contribution in [0.3, 0.4) is 0 Å². The molecule has 0 saturated carbocycles. The van der Waals surface area contributed by atoms with Crippen molar-refractivity contribution in [2.45, 2.75) is 26.7 Å². The van der Waals surface area contributed by atoms with E-state index in [4.69, 9.17) is 4.74 Å². The van der Waals surface area contributed by atoms with Crippen molar-refractivity contribution in [3.05, 3.63) is 23.4 Å². The number of methoxy groups -OCH3 is 1. The normalized spacial score (nSPS) is 10.6. The van der Waals surface area contributed by atoms with Crippen LogP contribution in [0.5, 0.6) is 0 Å². The van der Waals surface area contributed by atoms with Gasteiger partial charge in [-0.2, -0.15) is 0 Å². The summed E-state index contributed by atoms with van der Waals surface area (Å²) in [6, 6.07) is 3.94. The fourth-order valence-electron chi connectivity index (χ4n) is 1.43. The summed E-state index contributed by atoms with van der Waals surface area (Å²) in [4.78, 5) is 15.8. The lowest BCUT2D eigenvalue weighted by Gasteiger charge is -2.13. The average molecular weight is 222 g/mol. The molecule has 1 amide bonds. The van der Waals surface area contributed by atoms with E-state index in [1.54, 1.807) is 0 Å². The van der Waals surface area contributed by atoms with E-state index in [1.807, 2.05) is 19.1 Å². The molecule has 0 atom stereocenters. The number of carbonyl (C=O) groups is 1. The van der Waals surface area contributed by atoms with E-state index in [1.165, 1.54) is 7.11 Å². The maximum absolute atomic E-state index is 11.4. The van der Waals surface area contributed by atoms with E-state index in [0.717, 1.165) is 11.3 Å². The zero-order valence-corrected chi connectivity index (χ0v) is 10.2. The number of aromatic nitrogens is 1. The Morgan fingerprint density at radius 1 is 1.50 bits per heavy atom. The molecule has 0 radical (unpaired) electrons. The van der Waals surface area contributed by atoms with Gasteiger partial charge in [0.2, 0.25) is 0 Å². The number of ether oxygens (including phenoxy) is 1. The molecule has 1 aromatic heterocycles. The lowest BCUT2D eigenvalue weighted by molar-refractivity contribution is -0.119. The van der Waals surface area contributed by atoms with E-state index in [9.17, 15) is 4.79 Å². The van der Waals surface area contributed by atoms with Crippen LogP contribution in [-0.4, -0.2) is 24.6 Å². The Kier molecular flexibility index (Phi) is 4.43. The second-order valence-electron chi connectivity index (χ2n) is 4.03. The first-order valence-corrected chi connectivity index (χ1v) is 5.31. The minimum atomic E-state index is -0.178. The number of pyridine rings is 1. The monoisotopic (exact) mass is 222 g/mol. The highest BCUT2D eigenvalue weighted by Gasteiger charge is 2.11. The van der Waals surface area contributed by atoms with Crippen molar-refractivity contribution in [3.63, 3.8) is 0 Å². The molecule has 0 spiro atoms. The fraction of sp³-hybridized carbons (Fsp3) is 0.500. The van der Waals surface area contributed by atoms with Crippen molar-refractivity contribution in [1.29, 1.82) is 0 Å². The minimum absolute atomic E-state index is 0.0488. The number of rotatable bonds is 4. The van der Waals surface area contributed by atoms with E-state index >= 15 is 0 Å². The summed E-state index contributed by atoms with van der Waals surface area (Å²) in [5, 5.41) is 2.76. The summed E-state index contributed by atoms with van der Waals surface area (Å²) in [5.41, 5.74) is 1.92. The van der Waals surface area contributed by atoms with Crippen LogP contribution in [0, 0.1) is 6.92 Å². The average Bonchev–Trinajstić information content (AvgIpc) is 2.17. The van der Waals surface area contributed by atoms with Crippen LogP contribution in [-0.2, 0) is 9.53 Å². The molecule has 0 bridgehead atoms. The summed E-state index contributed by atoms with van der Waals surface area (Å²) < 4.78 is 4.77. The summed E-state index contributed by atoms with van der Waals surface area (Å²) in [5.74, 6) is 0.783. The highest BCUT2D eigenvalue weighted by Crippen LogP contribution is 2.22. The summed E-state index contributed by atoms with van der Waals surface area (Å²) in [7, 11) is 1.49. The van der Waals surface area contributed by atoms with E-state index in [-0.39, 0.29) is 12.5 Å². The van der Waals surface area contributed by atoms with E-state index in [0.29, 0.717) is 11.7 Å². The van der Waals surface area contributed by atoms with Gasteiger partial charge in [-0.05, 0) is 24.5 Å². The van der Waals surface area contributed by atoms with Gasteiger partial charge in [0.25, 0.3) is 5.91 Å². The van der Waals surface area contributed by atoms with Crippen molar-refractivity contribution in [2.24, 2.45) is 0 Å². The number of hydrogen-bond acceptors (Lipinski definition) is 3. The van der Waals surface area contributed by atoms with Gasteiger partial charge in [0.1, 0.15) is 12.4 Å². The molecule has 0 aliphatic rings. The quantitative estimate of drug-likeness (QED) is 0.848. The number of aryl methyl sites for hydroxylation is 1. The molecule has 16 heavy (non-hydrogen) atoms. The van der Waals surface area contributed by atoms with Gasteiger partial charge < -0.3 is 10.1 Å². The Balaban J connectivity index is 2.92. The van der Waals surface area contributed by atoms with Gasteiger partial charge in [-0.1, -0.05) is 19.9 Å². The van der Waals surface area contributed by atoms with Gasteiger partial charge in [-0.3, -0.25) is 4.79 Å². The van der Waals surface area contributed by atoms with Crippen molar-refractivity contribution in [3.8, 4) is 0 Å². The molecule has 4 heteroatoms. The second kappa shape index (κ2) is 5.61. The molecule has 4 nitrogen and oxygen atoms in total. The first kappa shape index (κ1) is 12.6. The molecule has 1 rings (SSSR count). The Labute approximate surface area is 96.0 Å². The second-order valence-corrected chi connectivity index (χ2v) is 4.03. The zero-order chi connectivity index (χ0) is 12.1. The summed E-state index contributed by atoms with van der Waals surface area (Å²) >= 11 is 0. The molecule has 0 aliphatic carbocycles. The third-order valence-corrected chi connectivity index (χ3v) is 2.22. The number of anilines is 1. The van der Waals surface area contributed by atoms with Crippen LogP contribution in [0.2, 0.25) is 0 Å². The number of carbonyl (C=O) groups excluding carboxylic acids is 1.